The van der Waals surface area contributed by atoms with Crippen molar-refractivity contribution in [3.05, 3.63) is 60.0 Å². The smallest absolute Gasteiger partial charge is 0.259 e. The second kappa shape index (κ2) is 5.72. The van der Waals surface area contributed by atoms with Crippen LogP contribution < -0.4 is 18.9 Å². The summed E-state index contributed by atoms with van der Waals surface area (Å²) in [5.41, 5.74) is 3.01. The summed E-state index contributed by atoms with van der Waals surface area (Å²) >= 11 is 0. The molecule has 82 valence electrons. The molecule has 0 amide bonds. The first-order valence-corrected chi connectivity index (χ1v) is 5.86. The van der Waals surface area contributed by atoms with E-state index in [0.717, 1.165) is 0 Å². The molecule has 1 heterocycles. The topological polar surface area (TPSA) is 0 Å². The molecular formula is C15H18BLi. The quantitative estimate of drug-likeness (QED) is 0.624. The van der Waals surface area contributed by atoms with E-state index >= 15 is 0 Å². The van der Waals surface area contributed by atoms with E-state index in [1.807, 2.05) is 0 Å². The maximum Gasteiger partial charge on any atom is 1.00 e. The minimum absolute atomic E-state index is 0. The molecule has 0 nitrogen and oxygen atoms in total. The largest absolute Gasteiger partial charge is 1.00 e. The average molecular weight is 216 g/mol. The van der Waals surface area contributed by atoms with Gasteiger partial charge < -0.3 is 0 Å². The Bertz CT molecular complexity index is 455. The third kappa shape index (κ3) is 3.60. The average Bonchev–Trinajstić information content (AvgIpc) is 2.29. The van der Waals surface area contributed by atoms with Gasteiger partial charge in [-0.25, -0.2) is 5.46 Å². The van der Waals surface area contributed by atoms with Crippen LogP contribution in [0.1, 0.15) is 26.3 Å². The summed E-state index contributed by atoms with van der Waals surface area (Å²) in [4.78, 5) is 0. The zero-order valence-corrected chi connectivity index (χ0v) is 11.3. The van der Waals surface area contributed by atoms with Crippen LogP contribution in [0.3, 0.4) is 0 Å². The van der Waals surface area contributed by atoms with Crippen molar-refractivity contribution in [1.29, 1.82) is 0 Å². The van der Waals surface area contributed by atoms with E-state index in [1.54, 1.807) is 0 Å². The van der Waals surface area contributed by atoms with Gasteiger partial charge in [0.05, 0.1) is 0 Å². The third-order valence-corrected chi connectivity index (χ3v) is 3.02. The van der Waals surface area contributed by atoms with E-state index in [0.29, 0.717) is 6.34 Å². The first-order valence-electron chi connectivity index (χ1n) is 5.86. The van der Waals surface area contributed by atoms with Gasteiger partial charge in [-0.15, -0.1) is 12.1 Å². The minimum atomic E-state index is 0. The second-order valence-corrected chi connectivity index (χ2v) is 5.36. The van der Waals surface area contributed by atoms with Crippen LogP contribution in [0, 0.1) is 0 Å². The van der Waals surface area contributed by atoms with Gasteiger partial charge in [-0.2, -0.15) is 0 Å². The van der Waals surface area contributed by atoms with Gasteiger partial charge in [0.1, 0.15) is 0 Å². The molecule has 0 radical (unpaired) electrons. The fourth-order valence-electron chi connectivity index (χ4n) is 1.93. The summed E-state index contributed by atoms with van der Waals surface area (Å²) < 4.78 is 0. The van der Waals surface area contributed by atoms with Gasteiger partial charge in [-0.05, 0) is 11.0 Å². The molecule has 2 heteroatoms. The Morgan fingerprint density at radius 2 is 1.35 bits per heavy atom. The molecule has 0 aliphatic rings. The molecule has 0 aliphatic heterocycles. The first kappa shape index (κ1) is 14.3. The van der Waals surface area contributed by atoms with E-state index in [2.05, 4.69) is 75.2 Å². The summed E-state index contributed by atoms with van der Waals surface area (Å²) in [7, 11) is 0. The summed E-state index contributed by atoms with van der Waals surface area (Å²) in [6, 6.07) is 15.1. The standard InChI is InChI=1S/C15H18B.Li/c1-15(2,3)13-9-11-16(12-10-13)14-7-5-4-6-8-14;/h4-12H,1-3H3;/q-1;+1. The maximum absolute atomic E-state index is 2.29. The molecule has 0 spiro atoms. The molecule has 0 aliphatic carbocycles. The predicted octanol–water partition coefficient (Wildman–Crippen LogP) is 1.00. The summed E-state index contributed by atoms with van der Waals surface area (Å²) in [6.07, 6.45) is 0.437. The van der Waals surface area contributed by atoms with E-state index < -0.39 is 0 Å². The molecular weight excluding hydrogens is 198 g/mol. The van der Waals surface area contributed by atoms with Crippen LogP contribution in [0.25, 0.3) is 5.46 Å². The molecule has 2 rings (SSSR count). The molecule has 0 N–H and O–H groups in total. The van der Waals surface area contributed by atoms with Crippen molar-refractivity contribution in [3.8, 4) is 5.46 Å². The molecule has 2 aromatic rings. The molecule has 1 aromatic carbocycles. The SMILES string of the molecule is CC(C)(C)c1cc[b-](-c2ccccc2)cc1.[Li+]. The van der Waals surface area contributed by atoms with Crippen molar-refractivity contribution < 1.29 is 18.9 Å². The second-order valence-electron chi connectivity index (χ2n) is 5.36. The van der Waals surface area contributed by atoms with E-state index in [-0.39, 0.29) is 24.3 Å². The Morgan fingerprint density at radius 1 is 0.824 bits per heavy atom. The molecule has 0 saturated carbocycles. The molecule has 1 aromatic heterocycles. The molecule has 0 fully saturated rings. The molecule has 0 saturated heterocycles. The molecule has 0 atom stereocenters. The normalized spacial score (nSPS) is 10.8. The Labute approximate surface area is 117 Å². The number of benzene rings is 1. The number of hydrogen-bond acceptors (Lipinski definition) is 0. The van der Waals surface area contributed by atoms with Gasteiger partial charge in [-0.3, -0.25) is 11.9 Å². The summed E-state index contributed by atoms with van der Waals surface area (Å²) in [5, 5.41) is 0. The fraction of sp³-hybridized carbons (Fsp3) is 0.267. The van der Waals surface area contributed by atoms with E-state index in [4.69, 9.17) is 0 Å². The van der Waals surface area contributed by atoms with Crippen molar-refractivity contribution in [3.63, 3.8) is 0 Å². The van der Waals surface area contributed by atoms with Crippen LogP contribution in [0.2, 0.25) is 0 Å². The zero-order valence-electron chi connectivity index (χ0n) is 11.3. The van der Waals surface area contributed by atoms with Gasteiger partial charge >= 0.3 is 18.9 Å². The number of hydrogen-bond donors (Lipinski definition) is 0. The van der Waals surface area contributed by atoms with Crippen LogP contribution in [0.15, 0.2) is 54.4 Å². The minimum Gasteiger partial charge on any atom is -0.259 e. The van der Waals surface area contributed by atoms with Gasteiger partial charge in [0.25, 0.3) is 0 Å². The van der Waals surface area contributed by atoms with Crippen molar-refractivity contribution >= 4 is 6.34 Å². The van der Waals surface area contributed by atoms with Crippen molar-refractivity contribution in [2.75, 3.05) is 0 Å². The monoisotopic (exact) mass is 216 g/mol. The predicted molar refractivity (Wildman–Crippen MR) is 72.4 cm³/mol. The number of rotatable bonds is 1. The van der Waals surface area contributed by atoms with Crippen LogP contribution in [-0.4, -0.2) is 6.34 Å². The van der Waals surface area contributed by atoms with Crippen LogP contribution in [-0.2, 0) is 5.41 Å². The van der Waals surface area contributed by atoms with Gasteiger partial charge in [-0.1, -0.05) is 57.4 Å². The van der Waals surface area contributed by atoms with Gasteiger partial charge in [0.15, 0.2) is 0 Å². The van der Waals surface area contributed by atoms with Crippen molar-refractivity contribution in [1.82, 2.24) is 0 Å². The molecule has 0 bridgehead atoms. The van der Waals surface area contributed by atoms with Gasteiger partial charge in [0, 0.05) is 0 Å². The molecule has 0 unspecified atom stereocenters. The van der Waals surface area contributed by atoms with Crippen molar-refractivity contribution in [2.24, 2.45) is 0 Å². The summed E-state index contributed by atoms with van der Waals surface area (Å²) in [5.74, 6) is 4.58. The fourth-order valence-corrected chi connectivity index (χ4v) is 1.93. The Balaban J connectivity index is 0.00000144. The van der Waals surface area contributed by atoms with Crippen LogP contribution >= 0.6 is 0 Å². The zero-order chi connectivity index (χ0) is 11.6. The third-order valence-electron chi connectivity index (χ3n) is 3.02. The Morgan fingerprint density at radius 3 is 1.82 bits per heavy atom. The van der Waals surface area contributed by atoms with E-state index in [1.165, 1.54) is 11.0 Å². The maximum atomic E-state index is 2.29. The molecule has 17 heavy (non-hydrogen) atoms. The summed E-state index contributed by atoms with van der Waals surface area (Å²) in [6.45, 7) is 6.75. The van der Waals surface area contributed by atoms with Gasteiger partial charge in [0.2, 0.25) is 0 Å². The van der Waals surface area contributed by atoms with Crippen molar-refractivity contribution in [2.45, 2.75) is 26.2 Å². The first-order chi connectivity index (χ1) is 7.57. The Kier molecular flexibility index (Phi) is 4.81. The Hall–Kier alpha value is -0.768. The van der Waals surface area contributed by atoms with Crippen LogP contribution in [0.5, 0.6) is 0 Å². The van der Waals surface area contributed by atoms with Crippen LogP contribution in [0.4, 0.5) is 0 Å². The van der Waals surface area contributed by atoms with E-state index in [9.17, 15) is 0 Å².